The summed E-state index contributed by atoms with van der Waals surface area (Å²) in [4.78, 5) is 25.1. The number of hydrogen-bond donors (Lipinski definition) is 3. The molecule has 2 aromatic carbocycles. The van der Waals surface area contributed by atoms with Crippen LogP contribution in [-0.4, -0.2) is 74.0 Å². The molecule has 82 heavy (non-hydrogen) atoms. The van der Waals surface area contributed by atoms with Gasteiger partial charge in [-0.05, 0) is 127 Å². The second-order valence-corrected chi connectivity index (χ2v) is 38.6. The Morgan fingerprint density at radius 3 is 1.40 bits per heavy atom. The zero-order chi connectivity index (χ0) is 59.7. The fourth-order valence-corrected chi connectivity index (χ4v) is 34.1. The number of nitrogens with two attached hydrogens (primary N) is 1. The summed E-state index contributed by atoms with van der Waals surface area (Å²) >= 11 is 15.7. The lowest BCUT2D eigenvalue weighted by Crippen LogP contribution is -2.10. The van der Waals surface area contributed by atoms with Crippen molar-refractivity contribution in [1.82, 2.24) is 59.8 Å². The standard InChI is InChI=1S/C26H30N6O2.C17H15ClN4O2.C8H15N3.S13/c1-12(2)32-22(13(3)14(4)30-32)11-21-25-18-10-23(33-8)19(24-15(5)31-34-16(24)6)9-20(18)29-26(25)28-17(7)27-21;1-7-14(8(2)24-22-7)11-5-12-10(6-13(11)23-4)15-16(18)19-9(3)20-17(15)21-12;1-5(2)11-8(9)6(3)7(4)10-11;1-3-5-7-9-11-13-12-10-8-6-4-2/h9-10,12H,11H2,1-8H3,(H,27,28,29);5-6H,1-4H3,(H,19,20,21);5H,9H2,1-4H3;. The number of aryl methyl sites for hydroxylation is 8. The van der Waals surface area contributed by atoms with Gasteiger partial charge < -0.3 is 34.2 Å². The molecule has 4 N–H and O–H groups in total. The van der Waals surface area contributed by atoms with E-state index in [0.717, 1.165) is 129 Å². The molecule has 10 rings (SSSR count). The number of aromatic amines is 2. The molecule has 31 heteroatoms. The number of fused-ring (bicyclic) bond motifs is 6. The highest BCUT2D eigenvalue weighted by Crippen LogP contribution is 2.42. The van der Waals surface area contributed by atoms with Gasteiger partial charge >= 0.3 is 0 Å². The number of nitrogen functional groups attached to an aromatic ring is 1. The van der Waals surface area contributed by atoms with Crippen molar-refractivity contribution < 1.29 is 18.5 Å². The van der Waals surface area contributed by atoms with Gasteiger partial charge in [0.2, 0.25) is 0 Å². The normalized spacial score (nSPS) is 10.9. The van der Waals surface area contributed by atoms with Crippen LogP contribution >= 0.6 is 11.6 Å². The Hall–Kier alpha value is -4.41. The van der Waals surface area contributed by atoms with E-state index in [1.165, 1.54) is 29.0 Å². The summed E-state index contributed by atoms with van der Waals surface area (Å²) in [5, 5.41) is 21.4. The van der Waals surface area contributed by atoms with E-state index in [1.54, 1.807) is 94.1 Å². The molecule has 0 saturated carbocycles. The van der Waals surface area contributed by atoms with Gasteiger partial charge in [-0.3, -0.25) is 4.68 Å². The van der Waals surface area contributed by atoms with Crippen LogP contribution in [0, 0.1) is 69.2 Å². The van der Waals surface area contributed by atoms with Gasteiger partial charge in [0.1, 0.15) is 56.9 Å². The number of aromatic nitrogens is 12. The molecule has 0 aliphatic rings. The van der Waals surface area contributed by atoms with Crippen LogP contribution in [0.2, 0.25) is 5.15 Å². The van der Waals surface area contributed by atoms with Crippen LogP contribution in [0.25, 0.3) is 66.1 Å². The van der Waals surface area contributed by atoms with Crippen LogP contribution in [0.4, 0.5) is 5.82 Å². The van der Waals surface area contributed by atoms with E-state index < -0.39 is 0 Å². The molecule has 10 aromatic rings. The van der Waals surface area contributed by atoms with E-state index in [4.69, 9.17) is 73.3 Å². The van der Waals surface area contributed by atoms with Gasteiger partial charge in [0.05, 0.1) is 59.2 Å². The molecule has 8 heterocycles. The van der Waals surface area contributed by atoms with Crippen molar-refractivity contribution in [3.8, 4) is 33.8 Å². The molecule has 0 spiro atoms. The molecule has 17 nitrogen and oxygen atoms in total. The van der Waals surface area contributed by atoms with E-state index >= 15 is 0 Å². The molecule has 0 saturated heterocycles. The van der Waals surface area contributed by atoms with Gasteiger partial charge in [-0.25, -0.2) is 24.6 Å². The second kappa shape index (κ2) is 29.6. The minimum Gasteiger partial charge on any atom is -0.496 e. The van der Waals surface area contributed by atoms with Crippen molar-refractivity contribution in [3.63, 3.8) is 0 Å². The zero-order valence-corrected chi connectivity index (χ0v) is 58.9. The van der Waals surface area contributed by atoms with E-state index in [-0.39, 0.29) is 6.04 Å². The predicted molar refractivity (Wildman–Crippen MR) is 367 cm³/mol. The number of methoxy groups -OCH3 is 2. The Kier molecular flexibility index (Phi) is 23.5. The van der Waals surface area contributed by atoms with Crippen LogP contribution in [0.5, 0.6) is 11.5 Å². The highest BCUT2D eigenvalue weighted by molar-refractivity contribution is 8.75. The molecular formula is C51H60ClN13O4S13. The van der Waals surface area contributed by atoms with E-state index in [1.807, 2.05) is 72.2 Å². The van der Waals surface area contributed by atoms with Crippen molar-refractivity contribution >= 4 is 181 Å². The largest absolute Gasteiger partial charge is 0.496 e. The summed E-state index contributed by atoms with van der Waals surface area (Å²) in [6.07, 6.45) is 0.672. The molecule has 0 fully saturated rings. The van der Waals surface area contributed by atoms with Crippen LogP contribution in [0.15, 0.2) is 33.3 Å². The van der Waals surface area contributed by atoms with Gasteiger partial charge in [0, 0.05) is 188 Å². The summed E-state index contributed by atoms with van der Waals surface area (Å²) in [7, 11) is 21.4. The molecule has 0 bridgehead atoms. The second-order valence-electron chi connectivity index (χ2n) is 18.8. The first kappa shape index (κ1) is 65.1. The van der Waals surface area contributed by atoms with Gasteiger partial charge in [-0.1, -0.05) is 21.9 Å². The SMILES string of the molecule is COc1cc2c(cc1-c1c(C)noc1C)[nH]c1nc(C)nc(Cc3c(C)c(C)nn3C(C)C)c12.COc1cc2c(cc1-c1c(C)noc1C)[nH]c1nc(C)nc(Cl)c12.Cc1nn(C(C)C)c(N)c1C.S=S=S=S=S=S=S=S=S=S=S=S=S. The van der Waals surface area contributed by atoms with Gasteiger partial charge in [-0.15, -0.1) is 0 Å². The zero-order valence-electron chi connectivity index (χ0n) is 47.5. The Morgan fingerprint density at radius 1 is 0.573 bits per heavy atom. The lowest BCUT2D eigenvalue weighted by molar-refractivity contribution is 0.393. The molecule has 0 amide bonds. The van der Waals surface area contributed by atoms with Crippen molar-refractivity contribution in [1.29, 1.82) is 0 Å². The number of hydrogen-bond acceptors (Lipinski definition) is 15. The molecule has 0 aliphatic heterocycles. The number of H-pyrrole nitrogens is 2. The molecule has 8 aromatic heterocycles. The smallest absolute Gasteiger partial charge is 0.143 e. The Morgan fingerprint density at radius 2 is 1.00 bits per heavy atom. The minimum absolute atomic E-state index is 0.265. The Balaban J connectivity index is 0.000000174. The van der Waals surface area contributed by atoms with Crippen molar-refractivity contribution in [2.24, 2.45) is 0 Å². The quantitative estimate of drug-likeness (QED) is 0.121. The topological polar surface area (TPSA) is 215 Å². The van der Waals surface area contributed by atoms with Gasteiger partial charge in [0.25, 0.3) is 0 Å². The maximum Gasteiger partial charge on any atom is 0.143 e. The number of anilines is 1. The first-order valence-corrected chi connectivity index (χ1v) is 41.2. The number of rotatable bonds is 8. The van der Waals surface area contributed by atoms with E-state index in [2.05, 4.69) is 93.7 Å². The summed E-state index contributed by atoms with van der Waals surface area (Å²) in [5.41, 5.74) is 21.1. The van der Waals surface area contributed by atoms with Crippen molar-refractivity contribution in [2.45, 2.75) is 115 Å². The van der Waals surface area contributed by atoms with E-state index in [0.29, 0.717) is 29.1 Å². The number of nitrogens with zero attached hydrogens (tertiary/aromatic N) is 10. The lowest BCUT2D eigenvalue weighted by Gasteiger charge is -2.13. The van der Waals surface area contributed by atoms with Gasteiger partial charge in [0.15, 0.2) is 0 Å². The average Bonchev–Trinajstić information content (AvgIpc) is 4.40. The Bertz CT molecular complexity index is 4500. The third kappa shape index (κ3) is 15.0. The summed E-state index contributed by atoms with van der Waals surface area (Å²) in [5.74, 6) is 5.12. The number of halogens is 1. The summed E-state index contributed by atoms with van der Waals surface area (Å²) < 4.78 is 26.1. The third-order valence-electron chi connectivity index (χ3n) is 12.9. The highest BCUT2D eigenvalue weighted by atomic mass is 35.5. The van der Waals surface area contributed by atoms with Crippen molar-refractivity contribution in [3.05, 3.63) is 97.9 Å². The molecular weight excluding hydrogens is 1310 g/mol. The fourth-order valence-electron chi connectivity index (χ4n) is 9.12. The first-order chi connectivity index (χ1) is 39.1. The average molecular weight is 1370 g/mol. The summed E-state index contributed by atoms with van der Waals surface area (Å²) in [6.45, 7) is 28.0. The van der Waals surface area contributed by atoms with Crippen LogP contribution < -0.4 is 15.2 Å². The van der Waals surface area contributed by atoms with Crippen LogP contribution in [0.3, 0.4) is 0 Å². The fraction of sp³-hybridized carbons (Fsp3) is 0.373. The van der Waals surface area contributed by atoms with Crippen LogP contribution in [-0.2, 0) is 126 Å². The van der Waals surface area contributed by atoms with E-state index in [9.17, 15) is 0 Å². The number of benzene rings is 2. The number of ether oxygens (including phenoxy) is 2. The lowest BCUT2D eigenvalue weighted by atomic mass is 10.00. The third-order valence-corrected chi connectivity index (χ3v) is 35.4. The molecule has 0 aliphatic carbocycles. The first-order valence-electron chi connectivity index (χ1n) is 24.8. The predicted octanol–water partition coefficient (Wildman–Crippen LogP) is 11.7. The minimum atomic E-state index is 0.265. The molecule has 438 valence electrons. The highest BCUT2D eigenvalue weighted by Gasteiger charge is 2.24. The Labute approximate surface area is 521 Å². The molecule has 0 atom stereocenters. The van der Waals surface area contributed by atoms with Crippen LogP contribution in [0.1, 0.15) is 108 Å². The number of nitrogens with one attached hydrogen (secondary N) is 2. The monoisotopic (exact) mass is 1370 g/mol. The van der Waals surface area contributed by atoms with Gasteiger partial charge in [-0.2, -0.15) is 10.2 Å². The van der Waals surface area contributed by atoms with Crippen molar-refractivity contribution in [2.75, 3.05) is 20.0 Å². The molecule has 0 radical (unpaired) electrons. The maximum atomic E-state index is 6.33. The maximum absolute atomic E-state index is 6.33. The summed E-state index contributed by atoms with van der Waals surface area (Å²) in [6, 6.07) is 8.72. The molecule has 0 unspecified atom stereocenters.